The van der Waals surface area contributed by atoms with Crippen LogP contribution < -0.4 is 15.3 Å². The summed E-state index contributed by atoms with van der Waals surface area (Å²) >= 11 is 0. The zero-order chi connectivity index (χ0) is 58.0. The first-order valence-corrected chi connectivity index (χ1v) is 34.1. The summed E-state index contributed by atoms with van der Waals surface area (Å²) in [5, 5.41) is 36.0. The van der Waals surface area contributed by atoms with Crippen molar-refractivity contribution < 1.29 is 57.3 Å². The number of rotatable bonds is 58. The molecule has 0 saturated carbocycles. The van der Waals surface area contributed by atoms with Gasteiger partial charge >= 0.3 is 23.3 Å². The fourth-order valence-electron chi connectivity index (χ4n) is 9.24. The molecule has 2 N–H and O–H groups in total. The van der Waals surface area contributed by atoms with Gasteiger partial charge in [-0.1, -0.05) is 323 Å². The third-order valence-corrected chi connectivity index (χ3v) is 15.3. The van der Waals surface area contributed by atoms with Crippen molar-refractivity contribution in [1.82, 2.24) is 0 Å². The summed E-state index contributed by atoms with van der Waals surface area (Å²) in [7, 11) is -4.90. The first kappa shape index (κ1) is 85.1. The van der Waals surface area contributed by atoms with Crippen molar-refractivity contribution in [3.8, 4) is 0 Å². The third kappa shape index (κ3) is 85.6. The number of unbranched alkanes of at least 4 members (excludes halogenated alkanes) is 46. The van der Waals surface area contributed by atoms with E-state index in [1.54, 1.807) is 0 Å². The van der Waals surface area contributed by atoms with E-state index in [1.165, 1.54) is 295 Å². The molecule has 0 aromatic heterocycles. The van der Waals surface area contributed by atoms with Crippen LogP contribution in [0.3, 0.4) is 0 Å². The molecule has 0 spiro atoms. The fourth-order valence-corrected chi connectivity index (χ4v) is 9.83. The average Bonchev–Trinajstić information content (AvgIpc) is 3.38. The van der Waals surface area contributed by atoms with E-state index in [0.717, 1.165) is 38.9 Å². The van der Waals surface area contributed by atoms with Crippen LogP contribution in [0, 0.1) is 0 Å². The molecule has 0 aliphatic rings. The molecular weight excluding hydrogens is 1020 g/mol. The second-order valence-corrected chi connectivity index (χ2v) is 23.6. The topological polar surface area (TPSA) is 221 Å². The molecule has 462 valence electrons. The average molecular weight is 1150 g/mol. The molecule has 0 aliphatic heterocycles. The van der Waals surface area contributed by atoms with Gasteiger partial charge in [0, 0.05) is 25.2 Å². The zero-order valence-corrected chi connectivity index (χ0v) is 53.4. The van der Waals surface area contributed by atoms with Gasteiger partial charge in [-0.05, 0) is 38.5 Å². The van der Waals surface area contributed by atoms with E-state index in [2.05, 4.69) is 27.7 Å². The van der Waals surface area contributed by atoms with Crippen molar-refractivity contribution in [1.29, 1.82) is 0 Å². The molecule has 12 nitrogen and oxygen atoms in total. The number of hydrogen-bond acceptors (Lipinski definition) is 10. The van der Waals surface area contributed by atoms with Gasteiger partial charge < -0.3 is 39.5 Å². The first-order valence-electron chi connectivity index (χ1n) is 32.6. The summed E-state index contributed by atoms with van der Waals surface area (Å²) in [6, 6.07) is 0. The molecule has 14 heteroatoms. The molecule has 0 rings (SSSR count). The molecule has 0 aliphatic carbocycles. The van der Waals surface area contributed by atoms with E-state index in [0.29, 0.717) is 0 Å². The maximum Gasteiger partial charge on any atom is 3.00 e. The Kier molecular flexibility index (Phi) is 80.0. The molecule has 0 heterocycles. The second kappa shape index (κ2) is 73.3. The molecule has 0 radical (unpaired) electrons. The Bertz CT molecular complexity index is 1250. The van der Waals surface area contributed by atoms with Gasteiger partial charge in [0.25, 0.3) is 10.1 Å². The van der Waals surface area contributed by atoms with Gasteiger partial charge in [0.2, 0.25) is 0 Å². The van der Waals surface area contributed by atoms with Crippen LogP contribution in [0.25, 0.3) is 0 Å². The molecule has 1 unspecified atom stereocenters. The SMILES string of the molecule is CCCCCCCCCCCCCCCCCC(=O)[O-].CCCCCCCCCCCCCCCCCC(=O)[O-].CCCCCCCCCCCCOCCCCCCCCCCCC.O=C(O)CC(C(=O)[O-])S(=O)(=O)O.[Al+3]. The molecule has 0 aromatic rings. The van der Waals surface area contributed by atoms with Crippen molar-refractivity contribution in [2.45, 2.75) is 373 Å². The number of carbonyl (C=O) groups is 4. The summed E-state index contributed by atoms with van der Waals surface area (Å²) < 4.78 is 34.3. The Hall–Kier alpha value is -1.72. The quantitative estimate of drug-likeness (QED) is 0.0330. The van der Waals surface area contributed by atoms with Gasteiger partial charge in [-0.25, -0.2) is 0 Å². The predicted molar refractivity (Wildman–Crippen MR) is 322 cm³/mol. The van der Waals surface area contributed by atoms with Gasteiger partial charge in [-0.3, -0.25) is 9.35 Å². The van der Waals surface area contributed by atoms with Gasteiger partial charge in [0.15, 0.2) is 0 Å². The molecule has 0 aromatic carbocycles. The normalized spacial score (nSPS) is 11.3. The summed E-state index contributed by atoms with van der Waals surface area (Å²) in [4.78, 5) is 40.3. The van der Waals surface area contributed by atoms with Crippen molar-refractivity contribution >= 4 is 51.4 Å². The Morgan fingerprint density at radius 1 is 0.346 bits per heavy atom. The Balaban J connectivity index is -0.000000310. The zero-order valence-electron chi connectivity index (χ0n) is 51.4. The summed E-state index contributed by atoms with van der Waals surface area (Å²) in [6.07, 6.45) is 66.6. The van der Waals surface area contributed by atoms with E-state index in [1.807, 2.05) is 0 Å². The number of ether oxygens (including phenoxy) is 1. The van der Waals surface area contributed by atoms with Crippen LogP contribution in [0.4, 0.5) is 0 Å². The first-order chi connectivity index (χ1) is 37.2. The van der Waals surface area contributed by atoms with Crippen molar-refractivity contribution in [3.05, 3.63) is 0 Å². The number of carbonyl (C=O) groups excluding carboxylic acids is 3. The van der Waals surface area contributed by atoms with Crippen molar-refractivity contribution in [2.75, 3.05) is 13.2 Å². The van der Waals surface area contributed by atoms with E-state index in [-0.39, 0.29) is 30.2 Å². The fraction of sp³-hybridized carbons (Fsp3) is 0.938. The number of hydrogen-bond donors (Lipinski definition) is 2. The smallest absolute Gasteiger partial charge is 0.550 e. The van der Waals surface area contributed by atoms with Crippen molar-refractivity contribution in [3.63, 3.8) is 0 Å². The van der Waals surface area contributed by atoms with E-state index < -0.39 is 45.7 Å². The summed E-state index contributed by atoms with van der Waals surface area (Å²) in [6.45, 7) is 11.1. The minimum Gasteiger partial charge on any atom is -0.550 e. The molecule has 78 heavy (non-hydrogen) atoms. The number of aliphatic carboxylic acids is 4. The van der Waals surface area contributed by atoms with Crippen molar-refractivity contribution in [2.24, 2.45) is 0 Å². The van der Waals surface area contributed by atoms with Gasteiger partial charge in [0.05, 0.1) is 12.4 Å². The minimum absolute atomic E-state index is 0. The monoisotopic (exact) mass is 1140 g/mol. The summed E-state index contributed by atoms with van der Waals surface area (Å²) in [5.41, 5.74) is 0. The van der Waals surface area contributed by atoms with Crippen LogP contribution in [-0.2, 0) is 34.0 Å². The number of carboxylic acids is 4. The van der Waals surface area contributed by atoms with Crippen LogP contribution in [0.5, 0.6) is 0 Å². The Morgan fingerprint density at radius 3 is 0.667 bits per heavy atom. The van der Waals surface area contributed by atoms with Crippen LogP contribution >= 0.6 is 0 Å². The second-order valence-electron chi connectivity index (χ2n) is 22.0. The van der Waals surface area contributed by atoms with E-state index in [9.17, 15) is 42.9 Å². The van der Waals surface area contributed by atoms with Gasteiger partial charge in [-0.2, -0.15) is 8.42 Å². The van der Waals surface area contributed by atoms with Crippen LogP contribution in [-0.4, -0.2) is 77.8 Å². The van der Waals surface area contributed by atoms with Crippen LogP contribution in [0.1, 0.15) is 368 Å². The number of carboxylic acid groups (broad SMARTS) is 4. The maximum absolute atomic E-state index is 10.2. The largest absolute Gasteiger partial charge is 3.00 e. The molecule has 0 bridgehead atoms. The maximum atomic E-state index is 10.2. The molecular formula is C64H125AlO12S. The molecule has 1 atom stereocenters. The van der Waals surface area contributed by atoms with Crippen LogP contribution in [0.15, 0.2) is 0 Å². The third-order valence-electron chi connectivity index (χ3n) is 14.2. The van der Waals surface area contributed by atoms with Gasteiger partial charge in [0.1, 0.15) is 5.25 Å². The molecule has 0 amide bonds. The Morgan fingerprint density at radius 2 is 0.526 bits per heavy atom. The molecule has 0 saturated heterocycles. The Labute approximate surface area is 492 Å². The summed E-state index contributed by atoms with van der Waals surface area (Å²) in [5.74, 6) is -5.60. The van der Waals surface area contributed by atoms with Crippen LogP contribution in [0.2, 0.25) is 0 Å². The minimum atomic E-state index is -4.90. The standard InChI is InChI=1S/C24H50O.2C18H36O2.C4H6O7S.Al/c1-3-5-7-9-11-13-15-17-19-21-23-25-24-22-20-18-16-14-12-10-8-6-4-2;2*1-2-3-4-5-6-7-8-9-10-11-12-13-14-15-16-17-18(19)20;5-3(6)1-2(4(7)8)12(9,10)11;/h3-24H2,1-2H3;2*2-17H2,1H3,(H,19,20);2H,1H2,(H,5,6)(H,7,8)(H,9,10,11);/q;;;;+3/p-3. The molecule has 0 fully saturated rings. The van der Waals surface area contributed by atoms with Gasteiger partial charge in [-0.15, -0.1) is 0 Å². The van der Waals surface area contributed by atoms with E-state index in [4.69, 9.17) is 14.4 Å². The predicted octanol–water partition coefficient (Wildman–Crippen LogP) is 15.9. The van der Waals surface area contributed by atoms with E-state index >= 15 is 0 Å².